The Morgan fingerprint density at radius 1 is 1.09 bits per heavy atom. The summed E-state index contributed by atoms with van der Waals surface area (Å²) < 4.78 is 42.8. The van der Waals surface area contributed by atoms with Crippen molar-refractivity contribution < 1.29 is 22.7 Å². The summed E-state index contributed by atoms with van der Waals surface area (Å²) in [5.41, 5.74) is 2.17. The predicted octanol–water partition coefficient (Wildman–Crippen LogP) is 5.46. The van der Waals surface area contributed by atoms with Crippen molar-refractivity contribution in [3.05, 3.63) is 28.8 Å². The fraction of sp³-hybridized carbons (Fsp3) is 0.696. The first-order chi connectivity index (χ1) is 15.2. The second kappa shape index (κ2) is 9.29. The highest BCUT2D eigenvalue weighted by Crippen LogP contribution is 2.41. The van der Waals surface area contributed by atoms with Crippen LogP contribution in [0.1, 0.15) is 51.0 Å². The number of carbonyl (C=O) groups excluding carboxylic acids is 1. The Balaban J connectivity index is 1.39. The average Bonchev–Trinajstić information content (AvgIpc) is 3.40. The van der Waals surface area contributed by atoms with Crippen LogP contribution in [0.25, 0.3) is 0 Å². The third-order valence-corrected chi connectivity index (χ3v) is 7.73. The number of alkyl halides is 3. The molecule has 1 atom stereocenters. The number of benzene rings is 1. The number of nitrogens with zero attached hydrogens (tertiary/aromatic N) is 3. The molecule has 1 unspecified atom stereocenters. The normalized spacial score (nSPS) is 22.5. The van der Waals surface area contributed by atoms with Crippen molar-refractivity contribution >= 4 is 23.4 Å². The van der Waals surface area contributed by atoms with Gasteiger partial charge in [-0.1, -0.05) is 23.7 Å². The highest BCUT2D eigenvalue weighted by Gasteiger charge is 2.45. The van der Waals surface area contributed by atoms with Crippen LogP contribution in [-0.2, 0) is 11.3 Å². The maximum absolute atomic E-state index is 12.7. The lowest BCUT2D eigenvalue weighted by Crippen LogP contribution is -2.53. The first kappa shape index (κ1) is 23.5. The Hall–Kier alpha value is -1.67. The summed E-state index contributed by atoms with van der Waals surface area (Å²) in [6, 6.07) is 6.24. The Morgan fingerprint density at radius 2 is 1.78 bits per heavy atom. The van der Waals surface area contributed by atoms with Crippen LogP contribution in [0.4, 0.5) is 23.7 Å². The number of carbonyl (C=O) groups is 1. The number of anilines is 1. The van der Waals surface area contributed by atoms with Gasteiger partial charge in [-0.25, -0.2) is 4.79 Å². The number of hydrogen-bond acceptors (Lipinski definition) is 4. The summed E-state index contributed by atoms with van der Waals surface area (Å²) in [4.78, 5) is 18.4. The van der Waals surface area contributed by atoms with Gasteiger partial charge in [0.25, 0.3) is 0 Å². The first-order valence-corrected chi connectivity index (χ1v) is 11.9. The van der Waals surface area contributed by atoms with Crippen LogP contribution >= 0.6 is 11.6 Å². The van der Waals surface area contributed by atoms with Crippen molar-refractivity contribution in [2.45, 2.75) is 69.8 Å². The van der Waals surface area contributed by atoms with E-state index in [1.807, 2.05) is 0 Å². The van der Waals surface area contributed by atoms with Gasteiger partial charge in [0.15, 0.2) is 6.10 Å². The van der Waals surface area contributed by atoms with E-state index < -0.39 is 18.4 Å². The molecule has 32 heavy (non-hydrogen) atoms. The predicted molar refractivity (Wildman–Crippen MR) is 118 cm³/mol. The molecule has 3 fully saturated rings. The van der Waals surface area contributed by atoms with Crippen LogP contribution in [0.3, 0.4) is 0 Å². The minimum absolute atomic E-state index is 0.0423. The van der Waals surface area contributed by atoms with Crippen molar-refractivity contribution in [3.63, 3.8) is 0 Å². The van der Waals surface area contributed by atoms with Gasteiger partial charge in [-0.3, -0.25) is 4.90 Å². The summed E-state index contributed by atoms with van der Waals surface area (Å²) in [5.74, 6) is 0. The minimum Gasteiger partial charge on any atom is -0.437 e. The quantitative estimate of drug-likeness (QED) is 0.582. The Labute approximate surface area is 192 Å². The zero-order valence-corrected chi connectivity index (χ0v) is 19.2. The van der Waals surface area contributed by atoms with E-state index in [0.717, 1.165) is 75.1 Å². The Bertz CT molecular complexity index is 821. The van der Waals surface area contributed by atoms with Gasteiger partial charge in [0, 0.05) is 38.3 Å². The Morgan fingerprint density at radius 3 is 2.44 bits per heavy atom. The number of rotatable bonds is 4. The van der Waals surface area contributed by atoms with Gasteiger partial charge in [-0.15, -0.1) is 0 Å². The number of hydrogen-bond donors (Lipinski definition) is 0. The summed E-state index contributed by atoms with van der Waals surface area (Å²) in [7, 11) is 0. The molecule has 1 aromatic rings. The van der Waals surface area contributed by atoms with Crippen molar-refractivity contribution in [3.8, 4) is 0 Å². The first-order valence-electron chi connectivity index (χ1n) is 11.5. The molecule has 0 N–H and O–H groups in total. The lowest BCUT2D eigenvalue weighted by molar-refractivity contribution is -0.200. The van der Waals surface area contributed by atoms with Crippen LogP contribution in [0.2, 0.25) is 5.02 Å². The largest absolute Gasteiger partial charge is 0.437 e. The smallest absolute Gasteiger partial charge is 0.425 e. The third-order valence-electron chi connectivity index (χ3n) is 7.30. The second-order valence-corrected chi connectivity index (χ2v) is 9.63. The van der Waals surface area contributed by atoms with Crippen LogP contribution < -0.4 is 4.90 Å². The highest BCUT2D eigenvalue weighted by atomic mass is 35.5. The summed E-state index contributed by atoms with van der Waals surface area (Å²) in [6.07, 6.45) is -1.59. The summed E-state index contributed by atoms with van der Waals surface area (Å²) in [5, 5.41) is 0.818. The fourth-order valence-electron chi connectivity index (χ4n) is 5.30. The van der Waals surface area contributed by atoms with E-state index >= 15 is 0 Å². The fourth-order valence-corrected chi connectivity index (χ4v) is 5.61. The third kappa shape index (κ3) is 4.81. The Kier molecular flexibility index (Phi) is 6.82. The van der Waals surface area contributed by atoms with E-state index in [9.17, 15) is 18.0 Å². The van der Waals surface area contributed by atoms with E-state index in [-0.39, 0.29) is 5.54 Å². The molecule has 0 bridgehead atoms. The molecule has 1 amide bonds. The molecule has 1 spiro atoms. The van der Waals surface area contributed by atoms with Gasteiger partial charge in [0.2, 0.25) is 0 Å². The number of amides is 1. The van der Waals surface area contributed by atoms with E-state index in [0.29, 0.717) is 13.1 Å². The molecule has 5 nitrogen and oxygen atoms in total. The molecule has 0 aromatic heterocycles. The maximum Gasteiger partial charge on any atom is 0.425 e. The standard InChI is InChI=1S/C23H31ClF3N3O2/c1-17(23(25,26)27)32-21(31)29-14-9-22(10-15-29)8-5-13-30(22)16-18-6-4-7-19(20(18)24)28-11-2-3-12-28/h4,6-7,17H,2-3,5,8-16H2,1H3. The molecule has 4 rings (SSSR count). The van der Waals surface area contributed by atoms with Crippen molar-refractivity contribution in [1.82, 2.24) is 9.80 Å². The molecule has 3 aliphatic heterocycles. The highest BCUT2D eigenvalue weighted by molar-refractivity contribution is 6.34. The van der Waals surface area contributed by atoms with Gasteiger partial charge in [0.1, 0.15) is 0 Å². The SMILES string of the molecule is CC(OC(=O)N1CCC2(CCCN2Cc2cccc(N3CCCC3)c2Cl)CC1)C(F)(F)F. The molecular weight excluding hydrogens is 443 g/mol. The molecule has 3 heterocycles. The van der Waals surface area contributed by atoms with Crippen molar-refractivity contribution in [2.75, 3.05) is 37.6 Å². The lowest BCUT2D eigenvalue weighted by atomic mass is 9.85. The monoisotopic (exact) mass is 473 g/mol. The van der Waals surface area contributed by atoms with Gasteiger partial charge < -0.3 is 14.5 Å². The lowest BCUT2D eigenvalue weighted by Gasteiger charge is -2.45. The van der Waals surface area contributed by atoms with Gasteiger partial charge >= 0.3 is 12.3 Å². The maximum atomic E-state index is 12.7. The number of halogens is 4. The molecule has 3 saturated heterocycles. The van der Waals surface area contributed by atoms with E-state index in [1.54, 1.807) is 0 Å². The second-order valence-electron chi connectivity index (χ2n) is 9.25. The summed E-state index contributed by atoms with van der Waals surface area (Å²) >= 11 is 6.81. The molecule has 178 valence electrons. The van der Waals surface area contributed by atoms with Crippen molar-refractivity contribution in [1.29, 1.82) is 0 Å². The number of piperidine rings is 1. The minimum atomic E-state index is -4.54. The number of likely N-dealkylation sites (tertiary alicyclic amines) is 2. The molecule has 0 saturated carbocycles. The topological polar surface area (TPSA) is 36.0 Å². The van der Waals surface area contributed by atoms with Gasteiger partial charge in [-0.2, -0.15) is 13.2 Å². The van der Waals surface area contributed by atoms with E-state index in [2.05, 4.69) is 32.7 Å². The van der Waals surface area contributed by atoms with E-state index in [1.165, 1.54) is 17.7 Å². The molecule has 3 aliphatic rings. The molecule has 1 aromatic carbocycles. The van der Waals surface area contributed by atoms with Gasteiger partial charge in [-0.05, 0) is 63.6 Å². The number of ether oxygens (including phenoxy) is 1. The van der Waals surface area contributed by atoms with Crippen molar-refractivity contribution in [2.24, 2.45) is 0 Å². The molecular formula is C23H31ClF3N3O2. The molecule has 9 heteroatoms. The van der Waals surface area contributed by atoms with Gasteiger partial charge in [0.05, 0.1) is 10.7 Å². The summed E-state index contributed by atoms with van der Waals surface area (Å²) in [6.45, 7) is 5.45. The van der Waals surface area contributed by atoms with Crippen LogP contribution in [0, 0.1) is 0 Å². The molecule has 0 radical (unpaired) electrons. The van der Waals surface area contributed by atoms with Crippen LogP contribution in [0.5, 0.6) is 0 Å². The zero-order chi connectivity index (χ0) is 22.9. The van der Waals surface area contributed by atoms with Crippen LogP contribution in [0.15, 0.2) is 18.2 Å². The average molecular weight is 474 g/mol. The van der Waals surface area contributed by atoms with E-state index in [4.69, 9.17) is 11.6 Å². The van der Waals surface area contributed by atoms with Crippen LogP contribution in [-0.4, -0.2) is 66.4 Å². The molecule has 0 aliphatic carbocycles. The zero-order valence-electron chi connectivity index (χ0n) is 18.5.